The maximum atomic E-state index is 12.5. The molecule has 1 aliphatic heterocycles. The highest BCUT2D eigenvalue weighted by Gasteiger charge is 2.14. The summed E-state index contributed by atoms with van der Waals surface area (Å²) in [5.74, 6) is 0.852. The zero-order valence-electron chi connectivity index (χ0n) is 15.7. The van der Waals surface area contributed by atoms with Gasteiger partial charge in [0.05, 0.1) is 11.8 Å². The third-order valence-electron chi connectivity index (χ3n) is 4.88. The second kappa shape index (κ2) is 7.34. The van der Waals surface area contributed by atoms with Crippen LogP contribution in [0.4, 0.5) is 5.82 Å². The average molecular weight is 364 g/mol. The second-order valence-electron chi connectivity index (χ2n) is 7.22. The molecule has 1 fully saturated rings. The topological polar surface area (TPSA) is 75.9 Å². The molecule has 0 bridgehead atoms. The molecule has 0 unspecified atom stereocenters. The minimum Gasteiger partial charge on any atom is -0.357 e. The summed E-state index contributed by atoms with van der Waals surface area (Å²) in [5, 5.41) is 8.19. The molecule has 0 spiro atoms. The lowest BCUT2D eigenvalue weighted by Gasteiger charge is -2.17. The molecule has 7 nitrogen and oxygen atoms in total. The fraction of sp³-hybridized carbons (Fsp3) is 0.400. The lowest BCUT2D eigenvalue weighted by atomic mass is 10.2. The lowest BCUT2D eigenvalue weighted by molar-refractivity contribution is 0.0950. The Morgan fingerprint density at radius 1 is 1.19 bits per heavy atom. The molecule has 0 aliphatic carbocycles. The van der Waals surface area contributed by atoms with Gasteiger partial charge in [-0.25, -0.2) is 14.6 Å². The largest absolute Gasteiger partial charge is 0.357 e. The van der Waals surface area contributed by atoms with Crippen LogP contribution in [-0.2, 0) is 6.54 Å². The number of anilines is 1. The molecule has 1 aliphatic rings. The fourth-order valence-corrected chi connectivity index (χ4v) is 3.42. The molecule has 0 radical (unpaired) electrons. The minimum absolute atomic E-state index is 0.138. The van der Waals surface area contributed by atoms with Crippen LogP contribution in [0, 0.1) is 0 Å². The Morgan fingerprint density at radius 3 is 2.78 bits per heavy atom. The number of hydrogen-bond acceptors (Lipinski definition) is 5. The van der Waals surface area contributed by atoms with Gasteiger partial charge in [0.1, 0.15) is 5.82 Å². The van der Waals surface area contributed by atoms with Crippen LogP contribution in [0.2, 0.25) is 0 Å². The molecule has 4 heterocycles. The summed E-state index contributed by atoms with van der Waals surface area (Å²) in [6, 6.07) is 6.06. The van der Waals surface area contributed by atoms with E-state index in [-0.39, 0.29) is 11.9 Å². The van der Waals surface area contributed by atoms with Crippen LogP contribution in [0.25, 0.3) is 11.0 Å². The van der Waals surface area contributed by atoms with Crippen molar-refractivity contribution in [1.29, 1.82) is 0 Å². The van der Waals surface area contributed by atoms with Crippen molar-refractivity contribution in [2.75, 3.05) is 18.0 Å². The van der Waals surface area contributed by atoms with Crippen molar-refractivity contribution in [2.24, 2.45) is 0 Å². The maximum absolute atomic E-state index is 12.5. The predicted molar refractivity (Wildman–Crippen MR) is 105 cm³/mol. The summed E-state index contributed by atoms with van der Waals surface area (Å²) in [5.41, 5.74) is 2.38. The van der Waals surface area contributed by atoms with E-state index < -0.39 is 0 Å². The number of carbonyl (C=O) groups is 1. The molecule has 3 aromatic heterocycles. The SMILES string of the molecule is CC(C)n1ncc2cc(C(=O)NCc3ccnc(N4CCCC4)c3)cnc21. The number of nitrogens with zero attached hydrogens (tertiary/aromatic N) is 5. The standard InChI is InChI=1S/C20H24N6O/c1-14(2)26-19-16(13-24-26)10-17(12-22-19)20(27)23-11-15-5-6-21-18(9-15)25-7-3-4-8-25/h5-6,9-10,12-14H,3-4,7-8,11H2,1-2H3,(H,23,27). The Kier molecular flexibility index (Phi) is 4.75. The molecule has 0 atom stereocenters. The molecular formula is C20H24N6O. The van der Waals surface area contributed by atoms with E-state index in [2.05, 4.69) is 45.2 Å². The monoisotopic (exact) mass is 364 g/mol. The number of amides is 1. The summed E-state index contributed by atoms with van der Waals surface area (Å²) >= 11 is 0. The molecule has 27 heavy (non-hydrogen) atoms. The Morgan fingerprint density at radius 2 is 2.00 bits per heavy atom. The first-order chi connectivity index (χ1) is 13.1. The van der Waals surface area contributed by atoms with E-state index >= 15 is 0 Å². The van der Waals surface area contributed by atoms with Crippen molar-refractivity contribution in [3.63, 3.8) is 0 Å². The van der Waals surface area contributed by atoms with Gasteiger partial charge in [-0.1, -0.05) is 0 Å². The highest BCUT2D eigenvalue weighted by Crippen LogP contribution is 2.19. The molecule has 1 amide bonds. The van der Waals surface area contributed by atoms with Crippen LogP contribution < -0.4 is 10.2 Å². The summed E-state index contributed by atoms with van der Waals surface area (Å²) < 4.78 is 1.86. The number of fused-ring (bicyclic) bond motifs is 1. The maximum Gasteiger partial charge on any atom is 0.253 e. The first-order valence-corrected chi connectivity index (χ1v) is 9.43. The Labute approximate surface area is 158 Å². The van der Waals surface area contributed by atoms with Crippen LogP contribution in [-0.4, -0.2) is 38.7 Å². The Hall–Kier alpha value is -2.96. The predicted octanol–water partition coefficient (Wildman–Crippen LogP) is 2.94. The zero-order chi connectivity index (χ0) is 18.8. The Balaban J connectivity index is 1.45. The van der Waals surface area contributed by atoms with E-state index in [0.717, 1.165) is 35.5 Å². The van der Waals surface area contributed by atoms with Crippen molar-refractivity contribution in [3.8, 4) is 0 Å². The van der Waals surface area contributed by atoms with Gasteiger partial charge in [0, 0.05) is 43.5 Å². The van der Waals surface area contributed by atoms with Gasteiger partial charge in [-0.15, -0.1) is 0 Å². The second-order valence-corrected chi connectivity index (χ2v) is 7.22. The molecule has 0 saturated carbocycles. The van der Waals surface area contributed by atoms with Gasteiger partial charge in [-0.2, -0.15) is 5.10 Å². The van der Waals surface area contributed by atoms with Gasteiger partial charge in [-0.3, -0.25) is 4.79 Å². The number of hydrogen-bond donors (Lipinski definition) is 1. The number of rotatable bonds is 5. The highest BCUT2D eigenvalue weighted by molar-refractivity contribution is 5.96. The molecule has 1 saturated heterocycles. The zero-order valence-corrected chi connectivity index (χ0v) is 15.7. The quantitative estimate of drug-likeness (QED) is 0.753. The van der Waals surface area contributed by atoms with Gasteiger partial charge < -0.3 is 10.2 Å². The van der Waals surface area contributed by atoms with Gasteiger partial charge in [-0.05, 0) is 50.5 Å². The van der Waals surface area contributed by atoms with Crippen LogP contribution >= 0.6 is 0 Å². The third kappa shape index (κ3) is 3.63. The van der Waals surface area contributed by atoms with Crippen LogP contribution in [0.1, 0.15) is 48.7 Å². The molecule has 4 rings (SSSR count). The van der Waals surface area contributed by atoms with E-state index in [1.165, 1.54) is 12.8 Å². The van der Waals surface area contributed by atoms with Crippen LogP contribution in [0.3, 0.4) is 0 Å². The van der Waals surface area contributed by atoms with Crippen molar-refractivity contribution in [1.82, 2.24) is 25.1 Å². The number of carbonyl (C=O) groups excluding carboxylic acids is 1. The van der Waals surface area contributed by atoms with Crippen molar-refractivity contribution < 1.29 is 4.79 Å². The van der Waals surface area contributed by atoms with E-state index in [9.17, 15) is 4.79 Å². The van der Waals surface area contributed by atoms with Crippen LogP contribution in [0.5, 0.6) is 0 Å². The summed E-state index contributed by atoms with van der Waals surface area (Å²) in [6.45, 7) is 6.68. The molecule has 3 aromatic rings. The van der Waals surface area contributed by atoms with E-state index in [1.807, 2.05) is 23.0 Å². The van der Waals surface area contributed by atoms with Gasteiger partial charge in [0.2, 0.25) is 0 Å². The van der Waals surface area contributed by atoms with Crippen molar-refractivity contribution >= 4 is 22.8 Å². The number of pyridine rings is 2. The van der Waals surface area contributed by atoms with E-state index in [4.69, 9.17) is 0 Å². The minimum atomic E-state index is -0.138. The molecular weight excluding hydrogens is 340 g/mol. The molecule has 0 aromatic carbocycles. The van der Waals surface area contributed by atoms with E-state index in [1.54, 1.807) is 12.4 Å². The van der Waals surface area contributed by atoms with Gasteiger partial charge in [0.15, 0.2) is 5.65 Å². The average Bonchev–Trinajstić information content (AvgIpc) is 3.35. The smallest absolute Gasteiger partial charge is 0.253 e. The first kappa shape index (κ1) is 17.5. The first-order valence-electron chi connectivity index (χ1n) is 9.43. The van der Waals surface area contributed by atoms with Gasteiger partial charge >= 0.3 is 0 Å². The Bertz CT molecular complexity index is 958. The summed E-state index contributed by atoms with van der Waals surface area (Å²) in [7, 11) is 0. The van der Waals surface area contributed by atoms with Gasteiger partial charge in [0.25, 0.3) is 5.91 Å². The molecule has 1 N–H and O–H groups in total. The molecule has 7 heteroatoms. The number of aromatic nitrogens is 4. The van der Waals surface area contributed by atoms with E-state index in [0.29, 0.717) is 12.1 Å². The highest BCUT2D eigenvalue weighted by atomic mass is 16.1. The third-order valence-corrected chi connectivity index (χ3v) is 4.88. The summed E-state index contributed by atoms with van der Waals surface area (Å²) in [4.78, 5) is 23.7. The molecule has 140 valence electrons. The van der Waals surface area contributed by atoms with Crippen molar-refractivity contribution in [3.05, 3.63) is 47.9 Å². The van der Waals surface area contributed by atoms with Crippen molar-refractivity contribution in [2.45, 2.75) is 39.3 Å². The lowest BCUT2D eigenvalue weighted by Crippen LogP contribution is -2.24. The normalized spacial score (nSPS) is 14.3. The number of nitrogens with one attached hydrogen (secondary N) is 1. The fourth-order valence-electron chi connectivity index (χ4n) is 3.42. The van der Waals surface area contributed by atoms with Crippen LogP contribution in [0.15, 0.2) is 36.8 Å². The summed E-state index contributed by atoms with van der Waals surface area (Å²) in [6.07, 6.45) is 7.60.